The van der Waals surface area contributed by atoms with Crippen molar-refractivity contribution in [2.75, 3.05) is 5.73 Å². The Balaban J connectivity index is 1.88. The molecule has 0 aliphatic heterocycles. The number of nitrogens with two attached hydrogens (primary N) is 1. The fraction of sp³-hybridized carbons (Fsp3) is 0.231. The minimum atomic E-state index is 0.149. The first-order valence-corrected chi connectivity index (χ1v) is 6.54. The summed E-state index contributed by atoms with van der Waals surface area (Å²) in [5, 5.41) is 3.98. The summed E-state index contributed by atoms with van der Waals surface area (Å²) in [6, 6.07) is 4.01. The summed E-state index contributed by atoms with van der Waals surface area (Å²) in [5.74, 6) is 1.04. The first-order valence-electron chi connectivity index (χ1n) is 6.54. The van der Waals surface area contributed by atoms with Crippen LogP contribution in [0.3, 0.4) is 0 Å². The van der Waals surface area contributed by atoms with Crippen molar-refractivity contribution in [3.63, 3.8) is 0 Å². The Kier molecular flexibility index (Phi) is 3.50. The van der Waals surface area contributed by atoms with Gasteiger partial charge in [0.25, 0.3) is 5.95 Å². The van der Waals surface area contributed by atoms with Gasteiger partial charge in [-0.05, 0) is 18.1 Å². The minimum Gasteiger partial charge on any atom is -0.368 e. The summed E-state index contributed by atoms with van der Waals surface area (Å²) in [5.41, 5.74) is 7.79. The van der Waals surface area contributed by atoms with Gasteiger partial charge in [-0.3, -0.25) is 4.98 Å². The van der Waals surface area contributed by atoms with Crippen molar-refractivity contribution in [3.8, 4) is 5.95 Å². The highest BCUT2D eigenvalue weighted by molar-refractivity contribution is 5.24. The van der Waals surface area contributed by atoms with E-state index < -0.39 is 0 Å². The van der Waals surface area contributed by atoms with E-state index in [1.807, 2.05) is 18.3 Å². The number of anilines is 1. The molecule has 0 aliphatic rings. The molecule has 0 atom stereocenters. The van der Waals surface area contributed by atoms with Gasteiger partial charge in [-0.2, -0.15) is 24.7 Å². The van der Waals surface area contributed by atoms with E-state index in [0.717, 1.165) is 12.1 Å². The Bertz CT molecular complexity index is 720. The lowest BCUT2D eigenvalue weighted by molar-refractivity contribution is 0.773. The Labute approximate surface area is 121 Å². The summed E-state index contributed by atoms with van der Waals surface area (Å²) < 4.78 is 1.44. The Morgan fingerprint density at radius 3 is 2.76 bits per heavy atom. The van der Waals surface area contributed by atoms with E-state index in [-0.39, 0.29) is 5.95 Å². The maximum atomic E-state index is 5.72. The zero-order chi connectivity index (χ0) is 14.7. The van der Waals surface area contributed by atoms with Crippen LogP contribution in [0.15, 0.2) is 31.0 Å². The van der Waals surface area contributed by atoms with Crippen LogP contribution in [-0.2, 0) is 12.8 Å². The molecule has 3 heterocycles. The molecule has 0 aliphatic carbocycles. The monoisotopic (exact) mass is 282 g/mol. The molecule has 3 aromatic heterocycles. The number of nitrogen functional groups attached to an aromatic ring is 1. The molecule has 0 spiro atoms. The molecule has 3 aromatic rings. The zero-order valence-corrected chi connectivity index (χ0v) is 11.5. The number of hydrogen-bond donors (Lipinski definition) is 1. The number of aryl methyl sites for hydroxylation is 1. The van der Waals surface area contributed by atoms with E-state index in [0.29, 0.717) is 18.2 Å². The predicted molar refractivity (Wildman–Crippen MR) is 75.6 cm³/mol. The third-order valence-electron chi connectivity index (χ3n) is 2.94. The Morgan fingerprint density at radius 2 is 2.10 bits per heavy atom. The minimum absolute atomic E-state index is 0.149. The van der Waals surface area contributed by atoms with Crippen molar-refractivity contribution < 1.29 is 0 Å². The lowest BCUT2D eigenvalue weighted by Crippen LogP contribution is -2.10. The van der Waals surface area contributed by atoms with Gasteiger partial charge in [0.05, 0.1) is 6.42 Å². The van der Waals surface area contributed by atoms with Gasteiger partial charge in [-0.1, -0.05) is 13.0 Å². The van der Waals surface area contributed by atoms with Crippen LogP contribution in [0.2, 0.25) is 0 Å². The van der Waals surface area contributed by atoms with Crippen molar-refractivity contribution in [1.29, 1.82) is 0 Å². The highest BCUT2D eigenvalue weighted by Crippen LogP contribution is 2.08. The smallest absolute Gasteiger partial charge is 0.257 e. The van der Waals surface area contributed by atoms with Gasteiger partial charge in [0.2, 0.25) is 5.95 Å². The molecule has 0 unspecified atom stereocenters. The van der Waals surface area contributed by atoms with Crippen molar-refractivity contribution in [3.05, 3.63) is 48.1 Å². The van der Waals surface area contributed by atoms with Crippen LogP contribution in [0, 0.1) is 0 Å². The molecule has 0 radical (unpaired) electrons. The molecule has 0 fully saturated rings. The summed E-state index contributed by atoms with van der Waals surface area (Å²) in [7, 11) is 0. The van der Waals surface area contributed by atoms with E-state index in [9.17, 15) is 0 Å². The lowest BCUT2D eigenvalue weighted by Gasteiger charge is -2.04. The molecular formula is C13H14N8. The van der Waals surface area contributed by atoms with Crippen LogP contribution < -0.4 is 5.73 Å². The molecule has 0 amide bonds. The molecule has 0 saturated carbocycles. The van der Waals surface area contributed by atoms with Gasteiger partial charge in [-0.15, -0.1) is 0 Å². The lowest BCUT2D eigenvalue weighted by atomic mass is 10.2. The van der Waals surface area contributed by atoms with Gasteiger partial charge < -0.3 is 5.73 Å². The average molecular weight is 282 g/mol. The summed E-state index contributed by atoms with van der Waals surface area (Å²) in [6.45, 7) is 2.09. The van der Waals surface area contributed by atoms with Gasteiger partial charge in [0.15, 0.2) is 0 Å². The maximum Gasteiger partial charge on any atom is 0.257 e. The molecule has 0 bridgehead atoms. The number of hydrogen-bond acceptors (Lipinski definition) is 7. The van der Waals surface area contributed by atoms with Gasteiger partial charge >= 0.3 is 0 Å². The number of pyridine rings is 1. The SMILES string of the molecule is CCc1ccc(Cc2nc(N)nc(-n3cncn3)n2)nc1. The van der Waals surface area contributed by atoms with Crippen molar-refractivity contribution in [1.82, 2.24) is 34.7 Å². The van der Waals surface area contributed by atoms with Crippen LogP contribution in [0.25, 0.3) is 5.95 Å². The largest absolute Gasteiger partial charge is 0.368 e. The van der Waals surface area contributed by atoms with E-state index in [4.69, 9.17) is 5.73 Å². The summed E-state index contributed by atoms with van der Waals surface area (Å²) >= 11 is 0. The third kappa shape index (κ3) is 2.99. The fourth-order valence-electron chi connectivity index (χ4n) is 1.85. The van der Waals surface area contributed by atoms with Gasteiger partial charge in [-0.25, -0.2) is 4.98 Å². The topological polar surface area (TPSA) is 108 Å². The fourth-order valence-corrected chi connectivity index (χ4v) is 1.85. The van der Waals surface area contributed by atoms with Gasteiger partial charge in [0.1, 0.15) is 18.5 Å². The molecule has 106 valence electrons. The molecule has 2 N–H and O–H groups in total. The van der Waals surface area contributed by atoms with E-state index in [1.54, 1.807) is 0 Å². The standard InChI is InChI=1S/C13H14N8/c1-2-9-3-4-10(16-6-9)5-11-18-12(14)20-13(19-11)21-8-15-7-17-21/h3-4,6-8H,2,5H2,1H3,(H2,14,18,19,20). The molecule has 0 saturated heterocycles. The number of aromatic nitrogens is 7. The molecule has 21 heavy (non-hydrogen) atoms. The first-order chi connectivity index (χ1) is 10.2. The van der Waals surface area contributed by atoms with Crippen LogP contribution in [0.5, 0.6) is 0 Å². The van der Waals surface area contributed by atoms with Crippen LogP contribution in [0.4, 0.5) is 5.95 Å². The number of rotatable bonds is 4. The van der Waals surface area contributed by atoms with Crippen LogP contribution >= 0.6 is 0 Å². The van der Waals surface area contributed by atoms with Crippen LogP contribution in [-0.4, -0.2) is 34.7 Å². The highest BCUT2D eigenvalue weighted by Gasteiger charge is 2.08. The quantitative estimate of drug-likeness (QED) is 0.745. The molecule has 3 rings (SSSR count). The maximum absolute atomic E-state index is 5.72. The Hall–Kier alpha value is -2.90. The molecule has 8 nitrogen and oxygen atoms in total. The second-order valence-corrected chi connectivity index (χ2v) is 4.44. The average Bonchev–Trinajstić information content (AvgIpc) is 3.02. The zero-order valence-electron chi connectivity index (χ0n) is 11.5. The van der Waals surface area contributed by atoms with E-state index >= 15 is 0 Å². The third-order valence-corrected chi connectivity index (χ3v) is 2.94. The molecule has 8 heteroatoms. The van der Waals surface area contributed by atoms with Crippen LogP contribution in [0.1, 0.15) is 24.0 Å². The highest BCUT2D eigenvalue weighted by atomic mass is 15.4. The summed E-state index contributed by atoms with van der Waals surface area (Å²) in [4.78, 5) is 20.8. The summed E-state index contributed by atoms with van der Waals surface area (Å²) in [6.07, 6.45) is 6.22. The van der Waals surface area contributed by atoms with Crippen molar-refractivity contribution in [2.24, 2.45) is 0 Å². The van der Waals surface area contributed by atoms with Crippen molar-refractivity contribution in [2.45, 2.75) is 19.8 Å². The molecular weight excluding hydrogens is 268 g/mol. The second kappa shape index (κ2) is 5.61. The second-order valence-electron chi connectivity index (χ2n) is 4.44. The van der Waals surface area contributed by atoms with Gasteiger partial charge in [0, 0.05) is 11.9 Å². The van der Waals surface area contributed by atoms with E-state index in [2.05, 4.69) is 36.9 Å². The normalized spacial score (nSPS) is 10.7. The number of nitrogens with zero attached hydrogens (tertiary/aromatic N) is 7. The Morgan fingerprint density at radius 1 is 1.19 bits per heavy atom. The van der Waals surface area contributed by atoms with E-state index in [1.165, 1.54) is 22.9 Å². The van der Waals surface area contributed by atoms with Crippen molar-refractivity contribution >= 4 is 5.95 Å². The molecule has 0 aromatic carbocycles. The first kappa shape index (κ1) is 13.1. The predicted octanol–water partition coefficient (Wildman–Crippen LogP) is 0.583.